The molecule has 2 aromatic carbocycles. The number of hydrogen-bond acceptors (Lipinski definition) is 3. The van der Waals surface area contributed by atoms with Crippen molar-refractivity contribution in [2.24, 2.45) is 5.92 Å². The number of anilines is 1. The van der Waals surface area contributed by atoms with Gasteiger partial charge in [0.05, 0.1) is 0 Å². The Morgan fingerprint density at radius 2 is 1.72 bits per heavy atom. The first-order valence-electron chi connectivity index (χ1n) is 9.72. The van der Waals surface area contributed by atoms with Crippen molar-refractivity contribution in [1.82, 2.24) is 10.2 Å². The van der Waals surface area contributed by atoms with E-state index in [-0.39, 0.29) is 23.6 Å². The second-order valence-corrected chi connectivity index (χ2v) is 6.99. The lowest BCUT2D eigenvalue weighted by molar-refractivity contribution is -0.130. The van der Waals surface area contributed by atoms with Crippen LogP contribution in [0.5, 0.6) is 0 Å². The molecule has 150 valence electrons. The molecule has 0 unspecified atom stereocenters. The van der Waals surface area contributed by atoms with Crippen molar-refractivity contribution >= 4 is 29.5 Å². The van der Waals surface area contributed by atoms with Gasteiger partial charge in [-0.3, -0.25) is 14.4 Å². The third-order valence-electron chi connectivity index (χ3n) is 5.01. The Kier molecular flexibility index (Phi) is 6.79. The molecule has 0 radical (unpaired) electrons. The summed E-state index contributed by atoms with van der Waals surface area (Å²) in [5, 5.41) is 5.45. The fourth-order valence-corrected chi connectivity index (χ4v) is 3.33. The molecule has 1 fully saturated rings. The molecule has 29 heavy (non-hydrogen) atoms. The van der Waals surface area contributed by atoms with Gasteiger partial charge in [0.15, 0.2) is 0 Å². The van der Waals surface area contributed by atoms with Crippen LogP contribution in [0, 0.1) is 5.92 Å². The van der Waals surface area contributed by atoms with Gasteiger partial charge in [-0.2, -0.15) is 0 Å². The Morgan fingerprint density at radius 1 is 1.00 bits per heavy atom. The number of amides is 3. The maximum absolute atomic E-state index is 12.6. The highest BCUT2D eigenvalue weighted by Crippen LogP contribution is 2.20. The number of benzene rings is 2. The number of carbonyl (C=O) groups is 3. The molecular weight excluding hydrogens is 366 g/mol. The Balaban J connectivity index is 1.51. The second-order valence-electron chi connectivity index (χ2n) is 6.99. The zero-order valence-corrected chi connectivity index (χ0v) is 16.4. The lowest BCUT2D eigenvalue weighted by Crippen LogP contribution is -2.40. The van der Waals surface area contributed by atoms with Crippen LogP contribution in [0.2, 0.25) is 0 Å². The molecule has 1 aliphatic rings. The van der Waals surface area contributed by atoms with E-state index in [1.165, 1.54) is 0 Å². The Labute approximate surface area is 170 Å². The molecule has 1 heterocycles. The quantitative estimate of drug-likeness (QED) is 0.770. The Morgan fingerprint density at radius 3 is 2.41 bits per heavy atom. The van der Waals surface area contributed by atoms with Crippen molar-refractivity contribution in [2.45, 2.75) is 12.8 Å². The molecule has 2 aromatic rings. The number of hydrogen-bond donors (Lipinski definition) is 2. The minimum atomic E-state index is -0.198. The van der Waals surface area contributed by atoms with Crippen LogP contribution in [0.3, 0.4) is 0 Å². The van der Waals surface area contributed by atoms with Gasteiger partial charge in [0.2, 0.25) is 11.8 Å². The molecule has 3 rings (SSSR count). The van der Waals surface area contributed by atoms with Gasteiger partial charge in [-0.25, -0.2) is 0 Å². The summed E-state index contributed by atoms with van der Waals surface area (Å²) in [7, 11) is 1.57. The molecule has 1 aliphatic heterocycles. The largest absolute Gasteiger partial charge is 0.355 e. The van der Waals surface area contributed by atoms with Crippen LogP contribution < -0.4 is 10.6 Å². The van der Waals surface area contributed by atoms with Crippen LogP contribution in [0.4, 0.5) is 5.69 Å². The first-order valence-corrected chi connectivity index (χ1v) is 9.72. The van der Waals surface area contributed by atoms with E-state index in [9.17, 15) is 14.4 Å². The number of nitrogens with one attached hydrogen (secondary N) is 2. The molecule has 0 bridgehead atoms. The normalized spacial score (nSPS) is 14.6. The molecule has 1 saturated heterocycles. The summed E-state index contributed by atoms with van der Waals surface area (Å²) in [4.78, 5) is 38.4. The summed E-state index contributed by atoms with van der Waals surface area (Å²) in [5.41, 5.74) is 2.07. The minimum absolute atomic E-state index is 0.0361. The lowest BCUT2D eigenvalue weighted by atomic mass is 9.95. The van der Waals surface area contributed by atoms with E-state index < -0.39 is 0 Å². The first-order chi connectivity index (χ1) is 14.1. The third kappa shape index (κ3) is 5.54. The Bertz CT molecular complexity index is 901. The maximum Gasteiger partial charge on any atom is 0.251 e. The van der Waals surface area contributed by atoms with Crippen LogP contribution in [0.15, 0.2) is 60.7 Å². The lowest BCUT2D eigenvalue weighted by Gasteiger charge is -2.30. The van der Waals surface area contributed by atoms with Gasteiger partial charge in [-0.15, -0.1) is 0 Å². The van der Waals surface area contributed by atoms with Gasteiger partial charge in [0.25, 0.3) is 5.91 Å². The average molecular weight is 391 g/mol. The van der Waals surface area contributed by atoms with E-state index in [0.29, 0.717) is 37.2 Å². The van der Waals surface area contributed by atoms with Gasteiger partial charge in [0.1, 0.15) is 0 Å². The molecule has 3 amide bonds. The number of likely N-dealkylation sites (tertiary alicyclic amines) is 1. The number of piperidine rings is 1. The van der Waals surface area contributed by atoms with E-state index in [2.05, 4.69) is 10.6 Å². The molecule has 0 spiro atoms. The fraction of sp³-hybridized carbons (Fsp3) is 0.261. The van der Waals surface area contributed by atoms with Crippen molar-refractivity contribution in [3.8, 4) is 0 Å². The van der Waals surface area contributed by atoms with Crippen molar-refractivity contribution in [2.75, 3.05) is 25.5 Å². The topological polar surface area (TPSA) is 78.5 Å². The third-order valence-corrected chi connectivity index (χ3v) is 5.01. The van der Waals surface area contributed by atoms with Crippen LogP contribution in [0.1, 0.15) is 28.8 Å². The van der Waals surface area contributed by atoms with Crippen LogP contribution in [-0.4, -0.2) is 42.8 Å². The predicted octanol–water partition coefficient (Wildman–Crippen LogP) is 2.94. The van der Waals surface area contributed by atoms with Crippen molar-refractivity contribution in [1.29, 1.82) is 0 Å². The number of nitrogens with zero attached hydrogens (tertiary/aromatic N) is 1. The van der Waals surface area contributed by atoms with Gasteiger partial charge in [-0.1, -0.05) is 36.4 Å². The molecule has 6 heteroatoms. The number of rotatable bonds is 5. The molecule has 2 N–H and O–H groups in total. The summed E-state index contributed by atoms with van der Waals surface area (Å²) in [5.74, 6) is -0.464. The summed E-state index contributed by atoms with van der Waals surface area (Å²) in [6, 6.07) is 16.5. The maximum atomic E-state index is 12.6. The van der Waals surface area contributed by atoms with Gasteiger partial charge >= 0.3 is 0 Å². The molecule has 0 saturated carbocycles. The first kappa shape index (κ1) is 20.3. The molecule has 0 aromatic heterocycles. The average Bonchev–Trinajstić information content (AvgIpc) is 2.78. The van der Waals surface area contributed by atoms with Crippen molar-refractivity contribution in [3.05, 3.63) is 71.8 Å². The SMILES string of the molecule is CNC(=O)c1cccc(NC(=O)C2CCN(C(=O)/C=C/c3ccccc3)CC2)c1. The monoisotopic (exact) mass is 391 g/mol. The zero-order valence-electron chi connectivity index (χ0n) is 16.4. The summed E-state index contributed by atoms with van der Waals surface area (Å²) >= 11 is 0. The molecular formula is C23H25N3O3. The number of carbonyl (C=O) groups excluding carboxylic acids is 3. The smallest absolute Gasteiger partial charge is 0.251 e. The van der Waals surface area contributed by atoms with Crippen LogP contribution >= 0.6 is 0 Å². The van der Waals surface area contributed by atoms with E-state index >= 15 is 0 Å². The zero-order chi connectivity index (χ0) is 20.6. The van der Waals surface area contributed by atoms with Gasteiger partial charge < -0.3 is 15.5 Å². The standard InChI is InChI=1S/C23H25N3O3/c1-24-22(28)19-8-5-9-20(16-19)25-23(29)18-12-14-26(15-13-18)21(27)11-10-17-6-3-2-4-7-17/h2-11,16,18H,12-15H2,1H3,(H,24,28)(H,25,29)/b11-10+. The fourth-order valence-electron chi connectivity index (χ4n) is 3.33. The van der Waals surface area contributed by atoms with Crippen molar-refractivity contribution in [3.63, 3.8) is 0 Å². The summed E-state index contributed by atoms with van der Waals surface area (Å²) < 4.78 is 0. The summed E-state index contributed by atoms with van der Waals surface area (Å²) in [6.45, 7) is 1.10. The van der Waals surface area contributed by atoms with E-state index in [1.807, 2.05) is 30.3 Å². The highest BCUT2D eigenvalue weighted by molar-refractivity contribution is 5.97. The minimum Gasteiger partial charge on any atom is -0.355 e. The second kappa shape index (κ2) is 9.68. The van der Waals surface area contributed by atoms with Crippen LogP contribution in [-0.2, 0) is 9.59 Å². The highest BCUT2D eigenvalue weighted by Gasteiger charge is 2.26. The van der Waals surface area contributed by atoms with Gasteiger partial charge in [0, 0.05) is 43.4 Å². The van der Waals surface area contributed by atoms with E-state index in [1.54, 1.807) is 48.4 Å². The molecule has 0 aliphatic carbocycles. The van der Waals surface area contributed by atoms with E-state index in [0.717, 1.165) is 5.56 Å². The van der Waals surface area contributed by atoms with Crippen molar-refractivity contribution < 1.29 is 14.4 Å². The summed E-state index contributed by atoms with van der Waals surface area (Å²) in [6.07, 6.45) is 4.62. The predicted molar refractivity (Wildman–Crippen MR) is 113 cm³/mol. The van der Waals surface area contributed by atoms with Crippen LogP contribution in [0.25, 0.3) is 6.08 Å². The highest BCUT2D eigenvalue weighted by atomic mass is 16.2. The van der Waals surface area contributed by atoms with E-state index in [4.69, 9.17) is 0 Å². The Hall–Kier alpha value is -3.41. The molecule has 6 nitrogen and oxygen atoms in total. The molecule has 0 atom stereocenters. The van der Waals surface area contributed by atoms with Gasteiger partial charge in [-0.05, 0) is 42.7 Å².